The normalized spacial score (nSPS) is 19.6. The van der Waals surface area contributed by atoms with Crippen LogP contribution < -0.4 is 24.7 Å². The molecule has 288 valence electrons. The van der Waals surface area contributed by atoms with Gasteiger partial charge in [0.05, 0.1) is 54.5 Å². The number of nitrogens with one attached hydrogen (secondary N) is 1. The van der Waals surface area contributed by atoms with Crippen LogP contribution in [0.25, 0.3) is 0 Å². The number of ether oxygens (including phenoxy) is 1. The molecule has 8 heterocycles. The molecule has 4 aromatic rings. The highest BCUT2D eigenvalue weighted by Crippen LogP contribution is 2.40. The number of anilines is 2. The number of aryl methyl sites for hydroxylation is 2. The Kier molecular flexibility index (Phi) is 9.16. The van der Waals surface area contributed by atoms with E-state index in [-0.39, 0.29) is 61.5 Å². The van der Waals surface area contributed by atoms with Crippen LogP contribution in [0.5, 0.6) is 5.88 Å². The van der Waals surface area contributed by atoms with Crippen molar-refractivity contribution in [2.45, 2.75) is 78.6 Å². The zero-order valence-corrected chi connectivity index (χ0v) is 30.9. The summed E-state index contributed by atoms with van der Waals surface area (Å²) in [6, 6.07) is 1.76. The summed E-state index contributed by atoms with van der Waals surface area (Å²) < 4.78 is 47.7. The summed E-state index contributed by atoms with van der Waals surface area (Å²) in [5.41, 5.74) is 2.77. The number of aromatic amines is 1. The molecule has 4 aromatic heterocycles. The average Bonchev–Trinajstić information content (AvgIpc) is 3.63. The van der Waals surface area contributed by atoms with Crippen LogP contribution in [0, 0.1) is 25.7 Å². The molecule has 1 N–H and O–H groups in total. The molecular weight excluding hydrogens is 719 g/mol. The predicted molar refractivity (Wildman–Crippen MR) is 189 cm³/mol. The molecule has 15 nitrogen and oxygen atoms in total. The van der Waals surface area contributed by atoms with Gasteiger partial charge < -0.3 is 24.3 Å². The van der Waals surface area contributed by atoms with Gasteiger partial charge in [0.15, 0.2) is 0 Å². The van der Waals surface area contributed by atoms with Crippen molar-refractivity contribution in [1.82, 2.24) is 39.7 Å². The maximum Gasteiger partial charge on any atom is 0.433 e. The first-order valence-electron chi connectivity index (χ1n) is 18.3. The second kappa shape index (κ2) is 13.9. The molecule has 2 saturated heterocycles. The van der Waals surface area contributed by atoms with Gasteiger partial charge in [0.25, 0.3) is 5.82 Å². The molecule has 4 aliphatic rings. The molecule has 0 bridgehead atoms. The van der Waals surface area contributed by atoms with Crippen LogP contribution in [0.1, 0.15) is 78.6 Å². The van der Waals surface area contributed by atoms with Gasteiger partial charge in [0, 0.05) is 69.7 Å². The van der Waals surface area contributed by atoms with Crippen molar-refractivity contribution in [2.75, 3.05) is 36.0 Å². The smallest absolute Gasteiger partial charge is 0.433 e. The van der Waals surface area contributed by atoms with E-state index in [0.29, 0.717) is 65.2 Å². The van der Waals surface area contributed by atoms with Gasteiger partial charge in [-0.2, -0.15) is 22.7 Å². The molecule has 4 aliphatic heterocycles. The molecule has 0 saturated carbocycles. The fraction of sp³-hybridized carbons (Fsp3) is 0.486. The number of hydrogen-bond donors (Lipinski definition) is 1. The number of halogens is 3. The zero-order valence-electron chi connectivity index (χ0n) is 30.9. The van der Waals surface area contributed by atoms with E-state index < -0.39 is 17.9 Å². The number of carbonyl (C=O) groups excluding carboxylic acids is 2. The van der Waals surface area contributed by atoms with Gasteiger partial charge >= 0.3 is 11.7 Å². The Bertz CT molecular complexity index is 2210. The lowest BCUT2D eigenvalue weighted by atomic mass is 9.94. The fourth-order valence-electron chi connectivity index (χ4n) is 8.23. The van der Waals surface area contributed by atoms with Gasteiger partial charge in [-0.25, -0.2) is 24.7 Å². The minimum atomic E-state index is -4.53. The third kappa shape index (κ3) is 6.82. The lowest BCUT2D eigenvalue weighted by Crippen LogP contribution is -2.49. The van der Waals surface area contributed by atoms with Crippen LogP contribution in [-0.4, -0.2) is 77.7 Å². The summed E-state index contributed by atoms with van der Waals surface area (Å²) in [7, 11) is 0. The standard InChI is InChI=1S/C37H40F3N11O4/c1-20-33-28(16-49(20)31(52)7-24-12-47(13-24)26-5-6-43-30(9-26)37(38,39)40)44-22(3)45-36(33)55-19-51-23(4)46-35(54)34-21(2)50(17-29(34)51)32(53)8-25-14-48(15-25)27-10-41-18-42-11-27/h5-6,9-11,18,20-21,24-25H,7-8,12-17,19H2,1-4H3/p+1. The van der Waals surface area contributed by atoms with Gasteiger partial charge in [-0.15, -0.1) is 0 Å². The second-order valence-electron chi connectivity index (χ2n) is 14.9. The fourth-order valence-corrected chi connectivity index (χ4v) is 8.23. The number of pyridine rings is 1. The Morgan fingerprint density at radius 2 is 1.53 bits per heavy atom. The number of rotatable bonds is 9. The van der Waals surface area contributed by atoms with E-state index in [1.807, 2.05) is 23.3 Å². The van der Waals surface area contributed by atoms with Crippen molar-refractivity contribution in [3.05, 3.63) is 87.3 Å². The Morgan fingerprint density at radius 1 is 0.909 bits per heavy atom. The number of amides is 2. The Morgan fingerprint density at radius 3 is 2.18 bits per heavy atom. The van der Waals surface area contributed by atoms with Gasteiger partial charge in [0.2, 0.25) is 24.4 Å². The maximum atomic E-state index is 13.6. The average molecular weight is 761 g/mol. The molecule has 0 aliphatic carbocycles. The summed E-state index contributed by atoms with van der Waals surface area (Å²) in [5.74, 6) is 1.44. The van der Waals surface area contributed by atoms with Crippen LogP contribution in [0.2, 0.25) is 0 Å². The van der Waals surface area contributed by atoms with Crippen molar-refractivity contribution >= 4 is 23.2 Å². The molecule has 2 unspecified atom stereocenters. The lowest BCUT2D eigenvalue weighted by molar-refractivity contribution is -0.739. The van der Waals surface area contributed by atoms with Gasteiger partial charge in [-0.3, -0.25) is 14.6 Å². The first kappa shape index (κ1) is 36.3. The van der Waals surface area contributed by atoms with E-state index >= 15 is 0 Å². The number of hydrogen-bond acceptors (Lipinski definition) is 11. The summed E-state index contributed by atoms with van der Waals surface area (Å²) in [6.45, 7) is 10.2. The maximum absolute atomic E-state index is 13.6. The summed E-state index contributed by atoms with van der Waals surface area (Å²) in [5, 5.41) is 0. The third-order valence-electron chi connectivity index (χ3n) is 11.2. The number of carbonyl (C=O) groups is 2. The van der Waals surface area contributed by atoms with E-state index in [9.17, 15) is 27.6 Å². The molecule has 0 radical (unpaired) electrons. The number of aromatic nitrogens is 7. The van der Waals surface area contributed by atoms with Gasteiger partial charge in [-0.1, -0.05) is 0 Å². The number of H-pyrrole nitrogens is 1. The minimum Gasteiger partial charge on any atom is -0.437 e. The first-order valence-corrected chi connectivity index (χ1v) is 18.3. The van der Waals surface area contributed by atoms with Crippen LogP contribution in [-0.2, 0) is 35.6 Å². The Hall–Kier alpha value is -5.68. The topological polar surface area (TPSA) is 158 Å². The van der Waals surface area contributed by atoms with Crippen molar-refractivity contribution in [1.29, 1.82) is 0 Å². The molecule has 2 atom stereocenters. The predicted octanol–water partition coefficient (Wildman–Crippen LogP) is 3.17. The van der Waals surface area contributed by atoms with Crippen LogP contribution in [0.4, 0.5) is 24.5 Å². The van der Waals surface area contributed by atoms with E-state index in [0.717, 1.165) is 31.0 Å². The SMILES string of the molecule is Cc1nc2c(c(OC[n+]3c(C)[nH]c(=O)c4c3CN(C(=O)CC3CN(c5cncnc5)C3)C4C)n1)C(C)N(C(=O)CC1CN(c3ccnc(C(F)(F)F)c3)C1)C2. The van der Waals surface area contributed by atoms with Crippen molar-refractivity contribution in [2.24, 2.45) is 11.8 Å². The number of fused-ring (bicyclic) bond motifs is 2. The van der Waals surface area contributed by atoms with E-state index in [1.165, 1.54) is 6.33 Å². The van der Waals surface area contributed by atoms with Crippen molar-refractivity contribution in [3.8, 4) is 5.88 Å². The molecule has 2 amide bonds. The Balaban J connectivity index is 0.915. The largest absolute Gasteiger partial charge is 0.437 e. The first-order chi connectivity index (χ1) is 26.2. The van der Waals surface area contributed by atoms with Crippen molar-refractivity contribution in [3.63, 3.8) is 0 Å². The molecule has 2 fully saturated rings. The third-order valence-corrected chi connectivity index (χ3v) is 11.2. The highest BCUT2D eigenvalue weighted by molar-refractivity contribution is 5.79. The van der Waals surface area contributed by atoms with Gasteiger partial charge in [0.1, 0.15) is 29.1 Å². The summed E-state index contributed by atoms with van der Waals surface area (Å²) >= 11 is 0. The van der Waals surface area contributed by atoms with E-state index in [2.05, 4.69) is 34.8 Å². The molecule has 8 rings (SSSR count). The molecule has 0 aromatic carbocycles. The Labute approximate surface area is 314 Å². The molecule has 18 heteroatoms. The molecule has 0 spiro atoms. The zero-order chi connectivity index (χ0) is 38.8. The van der Waals surface area contributed by atoms with Crippen LogP contribution in [0.15, 0.2) is 41.8 Å². The van der Waals surface area contributed by atoms with E-state index in [1.54, 1.807) is 42.1 Å². The second-order valence-corrected chi connectivity index (χ2v) is 14.9. The lowest BCUT2D eigenvalue weighted by Gasteiger charge is -2.41. The number of nitrogens with zero attached hydrogens (tertiary/aromatic N) is 10. The summed E-state index contributed by atoms with van der Waals surface area (Å²) in [4.78, 5) is 71.6. The highest BCUT2D eigenvalue weighted by atomic mass is 19.4. The highest BCUT2D eigenvalue weighted by Gasteiger charge is 2.42. The molecule has 55 heavy (non-hydrogen) atoms. The van der Waals surface area contributed by atoms with Gasteiger partial charge in [-0.05, 0) is 32.9 Å². The monoisotopic (exact) mass is 760 g/mol. The van der Waals surface area contributed by atoms with Crippen molar-refractivity contribution < 1.29 is 32.1 Å². The molecular formula is C37H41F3N11O4+. The van der Waals surface area contributed by atoms with E-state index in [4.69, 9.17) is 4.74 Å². The van der Waals surface area contributed by atoms with Crippen LogP contribution >= 0.6 is 0 Å². The van der Waals surface area contributed by atoms with Crippen LogP contribution in [0.3, 0.4) is 0 Å². The quantitative estimate of drug-likeness (QED) is 0.250. The summed E-state index contributed by atoms with van der Waals surface area (Å²) in [6.07, 6.45) is 2.22. The number of alkyl halides is 3. The minimum absolute atomic E-state index is 0.00293.